The van der Waals surface area contributed by atoms with Gasteiger partial charge in [-0.25, -0.2) is 0 Å². The third kappa shape index (κ3) is 4.36. The first-order valence-electron chi connectivity index (χ1n) is 4.85. The maximum atomic E-state index is 5.25. The van der Waals surface area contributed by atoms with Gasteiger partial charge in [0.2, 0.25) is 0 Å². The maximum Gasteiger partial charge on any atom is 3.00 e. The molecule has 0 saturated carbocycles. The van der Waals surface area contributed by atoms with Crippen LogP contribution in [0.25, 0.3) is 5.57 Å². The van der Waals surface area contributed by atoms with E-state index in [4.69, 9.17) is 9.47 Å². The van der Waals surface area contributed by atoms with Gasteiger partial charge in [0, 0.05) is 0 Å². The standard InChI is InChI=1S/C13H13O2.2ClH.Ti/c1-14-12-8-7-11(9-13(12)15-2)10-5-3-4-6-10;;;/h3,5,7-9H,4H2,1-2H3;2*1H;/q-1;;;+3/p-2. The third-order valence-corrected chi connectivity index (χ3v) is 2.39. The summed E-state index contributed by atoms with van der Waals surface area (Å²) in [5.74, 6) is 1.51. The van der Waals surface area contributed by atoms with E-state index in [1.807, 2.05) is 18.2 Å². The number of allylic oxidation sites excluding steroid dienone is 4. The fourth-order valence-electron chi connectivity index (χ4n) is 1.61. The molecule has 1 aliphatic rings. The molecule has 0 unspecified atom stereocenters. The van der Waals surface area contributed by atoms with Crippen LogP contribution in [-0.4, -0.2) is 14.2 Å². The van der Waals surface area contributed by atoms with E-state index < -0.39 is 0 Å². The summed E-state index contributed by atoms with van der Waals surface area (Å²) in [7, 11) is 3.28. The van der Waals surface area contributed by atoms with Crippen molar-refractivity contribution in [1.82, 2.24) is 0 Å². The van der Waals surface area contributed by atoms with E-state index in [0.29, 0.717) is 0 Å². The van der Waals surface area contributed by atoms with E-state index in [9.17, 15) is 0 Å². The van der Waals surface area contributed by atoms with Crippen molar-refractivity contribution in [3.05, 3.63) is 42.0 Å². The molecule has 2 nitrogen and oxygen atoms in total. The van der Waals surface area contributed by atoms with E-state index in [1.54, 1.807) is 14.2 Å². The van der Waals surface area contributed by atoms with Gasteiger partial charge in [-0.3, -0.25) is 0 Å². The molecule has 1 aromatic rings. The number of ether oxygens (including phenoxy) is 2. The number of methoxy groups -OCH3 is 2. The average molecular weight is 320 g/mol. The molecule has 18 heavy (non-hydrogen) atoms. The first kappa shape index (κ1) is 19.9. The van der Waals surface area contributed by atoms with Crippen LogP contribution in [0.15, 0.2) is 30.4 Å². The summed E-state index contributed by atoms with van der Waals surface area (Å²) in [4.78, 5) is 0. The van der Waals surface area contributed by atoms with Crippen LogP contribution in [0.5, 0.6) is 11.5 Å². The largest absolute Gasteiger partial charge is 3.00 e. The van der Waals surface area contributed by atoms with Gasteiger partial charge in [-0.05, 0) is 6.07 Å². The monoisotopic (exact) mass is 319 g/mol. The molecule has 1 radical (unpaired) electrons. The average Bonchev–Trinajstić information content (AvgIpc) is 2.81. The molecule has 1 aliphatic carbocycles. The Balaban J connectivity index is 0. The van der Waals surface area contributed by atoms with Crippen molar-refractivity contribution in [1.29, 1.82) is 0 Å². The van der Waals surface area contributed by atoms with Gasteiger partial charge < -0.3 is 34.3 Å². The normalized spacial score (nSPS) is 11.6. The van der Waals surface area contributed by atoms with Crippen molar-refractivity contribution in [3.8, 4) is 11.5 Å². The van der Waals surface area contributed by atoms with Crippen molar-refractivity contribution in [3.63, 3.8) is 0 Å². The topological polar surface area (TPSA) is 18.5 Å². The summed E-state index contributed by atoms with van der Waals surface area (Å²) >= 11 is 0. The first-order chi connectivity index (χ1) is 7.35. The Labute approximate surface area is 135 Å². The molecule has 1 aromatic carbocycles. The van der Waals surface area contributed by atoms with Crippen molar-refractivity contribution >= 4 is 5.57 Å². The number of hydrogen-bond donors (Lipinski definition) is 0. The summed E-state index contributed by atoms with van der Waals surface area (Å²) in [6, 6.07) is 5.89. The van der Waals surface area contributed by atoms with Crippen LogP contribution in [0.4, 0.5) is 0 Å². The number of hydrogen-bond acceptors (Lipinski definition) is 2. The Morgan fingerprint density at radius 3 is 2.22 bits per heavy atom. The molecule has 0 saturated heterocycles. The van der Waals surface area contributed by atoms with E-state index in [-0.39, 0.29) is 46.5 Å². The summed E-state index contributed by atoms with van der Waals surface area (Å²) in [6.45, 7) is 0. The quantitative estimate of drug-likeness (QED) is 0.433. The van der Waals surface area contributed by atoms with Gasteiger partial charge in [0.1, 0.15) is 5.75 Å². The third-order valence-electron chi connectivity index (χ3n) is 2.39. The zero-order valence-corrected chi connectivity index (χ0v) is 13.2. The van der Waals surface area contributed by atoms with Gasteiger partial charge in [-0.2, -0.15) is 17.7 Å². The minimum absolute atomic E-state index is 0. The van der Waals surface area contributed by atoms with Crippen LogP contribution in [0.3, 0.4) is 0 Å². The Morgan fingerprint density at radius 1 is 1.06 bits per heavy atom. The molecule has 0 atom stereocenters. The second-order valence-electron chi connectivity index (χ2n) is 3.27. The minimum atomic E-state index is 0. The van der Waals surface area contributed by atoms with Crippen LogP contribution in [0.2, 0.25) is 0 Å². The molecule has 0 fully saturated rings. The summed E-state index contributed by atoms with van der Waals surface area (Å²) < 4.78 is 10.4. The Kier molecular flexibility index (Phi) is 10.5. The maximum absolute atomic E-state index is 5.25. The van der Waals surface area contributed by atoms with Crippen molar-refractivity contribution in [2.45, 2.75) is 6.42 Å². The van der Waals surface area contributed by atoms with E-state index in [1.165, 1.54) is 0 Å². The molecular formula is C13H13Cl2O2Ti. The second-order valence-corrected chi connectivity index (χ2v) is 3.27. The predicted octanol–water partition coefficient (Wildman–Crippen LogP) is -3.14. The molecule has 95 valence electrons. The molecule has 5 heteroatoms. The van der Waals surface area contributed by atoms with Crippen LogP contribution >= 0.6 is 0 Å². The fraction of sp³-hybridized carbons (Fsp3) is 0.231. The zero-order chi connectivity index (χ0) is 10.7. The first-order valence-corrected chi connectivity index (χ1v) is 4.85. The van der Waals surface area contributed by atoms with Crippen molar-refractivity contribution < 1.29 is 56.0 Å². The molecule has 0 aliphatic heterocycles. The molecular weight excluding hydrogens is 307 g/mol. The molecule has 0 spiro atoms. The molecule has 2 rings (SSSR count). The Hall–Kier alpha value is -0.406. The number of benzene rings is 1. The summed E-state index contributed by atoms with van der Waals surface area (Å²) in [6.07, 6.45) is 8.32. The second kappa shape index (κ2) is 9.51. The van der Waals surface area contributed by atoms with Gasteiger partial charge in [0.15, 0.2) is 5.75 Å². The molecule has 0 amide bonds. The van der Waals surface area contributed by atoms with Gasteiger partial charge in [0.05, 0.1) is 14.2 Å². The van der Waals surface area contributed by atoms with Gasteiger partial charge in [-0.1, -0.05) is 12.5 Å². The Morgan fingerprint density at radius 2 is 1.72 bits per heavy atom. The van der Waals surface area contributed by atoms with Crippen LogP contribution in [0.1, 0.15) is 12.0 Å². The summed E-state index contributed by atoms with van der Waals surface area (Å²) in [5, 5.41) is 0. The van der Waals surface area contributed by atoms with Gasteiger partial charge in [0.25, 0.3) is 0 Å². The number of rotatable bonds is 3. The fourth-order valence-corrected chi connectivity index (χ4v) is 1.61. The molecule has 0 aromatic heterocycles. The van der Waals surface area contributed by atoms with Crippen LogP contribution in [-0.2, 0) is 21.7 Å². The van der Waals surface area contributed by atoms with E-state index >= 15 is 0 Å². The van der Waals surface area contributed by atoms with Crippen molar-refractivity contribution in [2.24, 2.45) is 0 Å². The molecule has 0 N–H and O–H groups in total. The van der Waals surface area contributed by atoms with Gasteiger partial charge >= 0.3 is 21.7 Å². The van der Waals surface area contributed by atoms with Crippen LogP contribution in [0, 0.1) is 6.08 Å². The molecule has 0 bridgehead atoms. The van der Waals surface area contributed by atoms with Crippen molar-refractivity contribution in [2.75, 3.05) is 14.2 Å². The number of halogens is 2. The van der Waals surface area contributed by atoms with E-state index in [2.05, 4.69) is 18.2 Å². The SMILES string of the molecule is COc1ccc(C2=[C-]CC=C2)cc1OC.[Cl-].[Cl-].[Ti+3]. The zero-order valence-electron chi connectivity index (χ0n) is 10.2. The van der Waals surface area contributed by atoms with Gasteiger partial charge in [-0.15, -0.1) is 17.7 Å². The Bertz CT molecular complexity index is 431. The summed E-state index contributed by atoms with van der Waals surface area (Å²) in [5.41, 5.74) is 2.23. The molecule has 0 heterocycles. The smallest absolute Gasteiger partial charge is 1.00 e. The minimum Gasteiger partial charge on any atom is -1.00 e. The van der Waals surface area contributed by atoms with Crippen LogP contribution < -0.4 is 34.3 Å². The van der Waals surface area contributed by atoms with E-state index in [0.717, 1.165) is 29.1 Å². The predicted molar refractivity (Wildman–Crippen MR) is 60.0 cm³/mol.